The third kappa shape index (κ3) is 6.76. The Bertz CT molecular complexity index is 247. The predicted octanol–water partition coefficient (Wildman–Crippen LogP) is 0.915. The number of carboxylic acids is 1. The molecular formula is C7H8N2O2S. The van der Waals surface area contributed by atoms with E-state index in [4.69, 9.17) is 9.90 Å². The molecule has 0 saturated carbocycles. The molecule has 5 heteroatoms. The Balaban J connectivity index is 0.000000261. The number of rotatable bonds is 1. The highest BCUT2D eigenvalue weighted by molar-refractivity contribution is 7.79. The van der Waals surface area contributed by atoms with E-state index in [0.717, 1.165) is 12.6 Å². The minimum absolute atomic E-state index is 0.738. The van der Waals surface area contributed by atoms with Crippen LogP contribution in [0.1, 0.15) is 12.6 Å². The van der Waals surface area contributed by atoms with E-state index in [0.29, 0.717) is 0 Å². The number of carboxylic acid groups (broad SMARTS) is 1. The first-order chi connectivity index (χ1) is 5.66. The van der Waals surface area contributed by atoms with Gasteiger partial charge in [-0.3, -0.25) is 14.8 Å². The van der Waals surface area contributed by atoms with Crippen LogP contribution >= 0.6 is 12.2 Å². The molecule has 0 radical (unpaired) electrons. The van der Waals surface area contributed by atoms with Crippen molar-refractivity contribution in [3.8, 4) is 0 Å². The number of thiocarbonyl (C=S) groups is 1. The Morgan fingerprint density at radius 2 is 2.25 bits per heavy atom. The molecule has 1 aromatic heterocycles. The maximum atomic E-state index is 9.00. The van der Waals surface area contributed by atoms with Gasteiger partial charge in [-0.25, -0.2) is 0 Å². The molecule has 0 aliphatic heterocycles. The van der Waals surface area contributed by atoms with Crippen molar-refractivity contribution in [1.29, 1.82) is 0 Å². The summed E-state index contributed by atoms with van der Waals surface area (Å²) in [6, 6.07) is 0. The Labute approximate surface area is 75.3 Å². The highest BCUT2D eigenvalue weighted by atomic mass is 32.1. The smallest absolute Gasteiger partial charge is 0.300 e. The molecule has 4 nitrogen and oxygen atoms in total. The van der Waals surface area contributed by atoms with E-state index in [2.05, 4.69) is 22.2 Å². The van der Waals surface area contributed by atoms with E-state index >= 15 is 0 Å². The Kier molecular flexibility index (Phi) is 5.64. The lowest BCUT2D eigenvalue weighted by molar-refractivity contribution is -0.134. The summed E-state index contributed by atoms with van der Waals surface area (Å²) in [7, 11) is 0. The molecule has 0 spiro atoms. The van der Waals surface area contributed by atoms with Gasteiger partial charge in [-0.15, -0.1) is 0 Å². The average molecular weight is 184 g/mol. The predicted molar refractivity (Wildman–Crippen MR) is 48.1 cm³/mol. The molecule has 1 aromatic rings. The van der Waals surface area contributed by atoms with Gasteiger partial charge in [0.1, 0.15) is 0 Å². The highest BCUT2D eigenvalue weighted by Gasteiger charge is 1.80. The molecular weight excluding hydrogens is 176 g/mol. The molecule has 0 amide bonds. The average Bonchev–Trinajstić information content (AvgIpc) is 2.05. The van der Waals surface area contributed by atoms with Gasteiger partial charge in [0, 0.05) is 24.7 Å². The van der Waals surface area contributed by atoms with E-state index in [9.17, 15) is 0 Å². The normalized spacial score (nSPS) is 7.75. The van der Waals surface area contributed by atoms with Gasteiger partial charge in [-0.2, -0.15) is 0 Å². The topological polar surface area (TPSA) is 63.1 Å². The first-order valence-corrected chi connectivity index (χ1v) is 3.54. The summed E-state index contributed by atoms with van der Waals surface area (Å²) >= 11 is 4.59. The van der Waals surface area contributed by atoms with E-state index in [1.807, 2.05) is 0 Å². The highest BCUT2D eigenvalue weighted by Crippen LogP contribution is 1.81. The number of hydrogen-bond acceptors (Lipinski definition) is 4. The summed E-state index contributed by atoms with van der Waals surface area (Å²) in [5.74, 6) is -0.833. The molecule has 0 aliphatic carbocycles. The number of aliphatic carboxylic acids is 1. The minimum Gasteiger partial charge on any atom is -0.481 e. The molecule has 1 N–H and O–H groups in total. The largest absolute Gasteiger partial charge is 0.481 e. The second-order valence-electron chi connectivity index (χ2n) is 1.77. The monoisotopic (exact) mass is 184 g/mol. The van der Waals surface area contributed by atoms with Crippen LogP contribution in [-0.2, 0) is 4.79 Å². The summed E-state index contributed by atoms with van der Waals surface area (Å²) < 4.78 is 0. The fraction of sp³-hybridized carbons (Fsp3) is 0.143. The van der Waals surface area contributed by atoms with Gasteiger partial charge in [0.15, 0.2) is 0 Å². The second kappa shape index (κ2) is 6.36. The summed E-state index contributed by atoms with van der Waals surface area (Å²) in [6.45, 7) is 1.08. The van der Waals surface area contributed by atoms with Crippen molar-refractivity contribution >= 4 is 23.6 Å². The maximum absolute atomic E-state index is 9.00. The Morgan fingerprint density at radius 3 is 2.50 bits per heavy atom. The number of aromatic nitrogens is 2. The third-order valence-corrected chi connectivity index (χ3v) is 0.945. The summed E-state index contributed by atoms with van der Waals surface area (Å²) in [4.78, 5) is 16.7. The lowest BCUT2D eigenvalue weighted by atomic mass is 10.5. The van der Waals surface area contributed by atoms with Gasteiger partial charge in [0.05, 0.1) is 11.9 Å². The quantitative estimate of drug-likeness (QED) is 0.657. The van der Waals surface area contributed by atoms with Gasteiger partial charge >= 0.3 is 0 Å². The van der Waals surface area contributed by atoms with Gasteiger partial charge in [-0.05, 0) is 0 Å². The van der Waals surface area contributed by atoms with Crippen molar-refractivity contribution in [1.82, 2.24) is 9.97 Å². The van der Waals surface area contributed by atoms with Crippen molar-refractivity contribution in [3.05, 3.63) is 24.3 Å². The van der Waals surface area contributed by atoms with Crippen molar-refractivity contribution in [2.45, 2.75) is 6.92 Å². The van der Waals surface area contributed by atoms with Crippen molar-refractivity contribution in [3.63, 3.8) is 0 Å². The van der Waals surface area contributed by atoms with Gasteiger partial charge < -0.3 is 5.11 Å². The molecule has 0 bridgehead atoms. The SMILES string of the molecule is CC(=O)O.S=Cc1cnccn1. The summed E-state index contributed by atoms with van der Waals surface area (Å²) in [6.07, 6.45) is 4.84. The van der Waals surface area contributed by atoms with E-state index in [1.54, 1.807) is 18.6 Å². The van der Waals surface area contributed by atoms with Crippen molar-refractivity contribution < 1.29 is 9.90 Å². The van der Waals surface area contributed by atoms with Crippen molar-refractivity contribution in [2.75, 3.05) is 0 Å². The molecule has 0 unspecified atom stereocenters. The van der Waals surface area contributed by atoms with E-state index in [1.165, 1.54) is 5.37 Å². The number of hydrogen-bond donors (Lipinski definition) is 1. The van der Waals surface area contributed by atoms with Crippen LogP contribution in [0.3, 0.4) is 0 Å². The molecule has 0 aliphatic rings. The molecule has 0 fully saturated rings. The van der Waals surface area contributed by atoms with Crippen LogP contribution < -0.4 is 0 Å². The maximum Gasteiger partial charge on any atom is 0.300 e. The zero-order valence-electron chi connectivity index (χ0n) is 6.47. The van der Waals surface area contributed by atoms with Crippen LogP contribution in [0.15, 0.2) is 18.6 Å². The standard InChI is InChI=1S/C5H4N2S.C2H4O2/c8-4-5-3-6-1-2-7-5;1-2(3)4/h1-4H;1H3,(H,3,4). The fourth-order valence-corrected chi connectivity index (χ4v) is 0.493. The van der Waals surface area contributed by atoms with Gasteiger partial charge in [-0.1, -0.05) is 12.2 Å². The zero-order chi connectivity index (χ0) is 9.40. The molecule has 1 rings (SSSR count). The van der Waals surface area contributed by atoms with E-state index < -0.39 is 5.97 Å². The zero-order valence-corrected chi connectivity index (χ0v) is 7.28. The summed E-state index contributed by atoms with van der Waals surface area (Å²) in [5.41, 5.74) is 0.738. The van der Waals surface area contributed by atoms with Crippen LogP contribution in [0.4, 0.5) is 0 Å². The van der Waals surface area contributed by atoms with Crippen molar-refractivity contribution in [2.24, 2.45) is 0 Å². The number of nitrogens with zero attached hydrogens (tertiary/aromatic N) is 2. The molecule has 12 heavy (non-hydrogen) atoms. The van der Waals surface area contributed by atoms with Crippen LogP contribution in [0, 0.1) is 0 Å². The van der Waals surface area contributed by atoms with Gasteiger partial charge in [0.25, 0.3) is 5.97 Å². The van der Waals surface area contributed by atoms with Crippen LogP contribution in [0.25, 0.3) is 0 Å². The minimum atomic E-state index is -0.833. The van der Waals surface area contributed by atoms with Crippen LogP contribution in [0.2, 0.25) is 0 Å². The lowest BCUT2D eigenvalue weighted by Gasteiger charge is -1.82. The second-order valence-corrected chi connectivity index (χ2v) is 2.00. The lowest BCUT2D eigenvalue weighted by Crippen LogP contribution is -1.83. The third-order valence-electron chi connectivity index (χ3n) is 0.704. The molecule has 64 valence electrons. The molecule has 1 heterocycles. The van der Waals surface area contributed by atoms with Crippen LogP contribution in [-0.4, -0.2) is 26.4 Å². The first-order valence-electron chi connectivity index (χ1n) is 3.07. The van der Waals surface area contributed by atoms with E-state index in [-0.39, 0.29) is 0 Å². The molecule has 0 atom stereocenters. The van der Waals surface area contributed by atoms with Gasteiger partial charge in [0.2, 0.25) is 0 Å². The first kappa shape index (κ1) is 10.6. The summed E-state index contributed by atoms with van der Waals surface area (Å²) in [5, 5.41) is 8.91. The van der Waals surface area contributed by atoms with Crippen LogP contribution in [0.5, 0.6) is 0 Å². The number of carbonyl (C=O) groups is 1. The molecule has 0 aromatic carbocycles. The Hall–Kier alpha value is -1.36. The fourth-order valence-electron chi connectivity index (χ4n) is 0.371. The molecule has 0 saturated heterocycles. The Morgan fingerprint density at radius 1 is 1.67 bits per heavy atom.